The largest absolute Gasteiger partial charge is 0.316 e. The first-order valence-electron chi connectivity index (χ1n) is 6.39. The van der Waals surface area contributed by atoms with Crippen molar-refractivity contribution in [2.75, 3.05) is 19.6 Å². The number of nitrogens with one attached hydrogen (secondary N) is 2. The molecule has 18 heavy (non-hydrogen) atoms. The van der Waals surface area contributed by atoms with Crippen molar-refractivity contribution in [1.82, 2.24) is 10.0 Å². The fraction of sp³-hybridized carbons (Fsp3) is 0.538. The average molecular weight is 270 g/mol. The topological polar surface area (TPSA) is 58.2 Å². The zero-order valence-corrected chi connectivity index (χ0v) is 11.9. The normalized spacial score (nSPS) is 11.7. The van der Waals surface area contributed by atoms with Crippen molar-refractivity contribution < 1.29 is 8.42 Å². The Labute approximate surface area is 110 Å². The first kappa shape index (κ1) is 15.1. The Morgan fingerprint density at radius 1 is 1.06 bits per heavy atom. The van der Waals surface area contributed by atoms with Crippen LogP contribution in [0.15, 0.2) is 29.2 Å². The van der Waals surface area contributed by atoms with E-state index in [4.69, 9.17) is 0 Å². The molecular weight excluding hydrogens is 248 g/mol. The molecule has 0 unspecified atom stereocenters. The fourth-order valence-corrected chi connectivity index (χ4v) is 2.68. The van der Waals surface area contributed by atoms with Gasteiger partial charge in [0.2, 0.25) is 10.0 Å². The van der Waals surface area contributed by atoms with Gasteiger partial charge in [-0.1, -0.05) is 26.0 Å². The zero-order valence-electron chi connectivity index (χ0n) is 11.1. The van der Waals surface area contributed by atoms with E-state index in [1.807, 2.05) is 12.1 Å². The molecule has 0 atom stereocenters. The molecule has 0 amide bonds. The van der Waals surface area contributed by atoms with E-state index in [0.29, 0.717) is 11.4 Å². The SMILES string of the molecule is CCCNCCc1ccc(S(=O)(=O)NCC)cc1. The van der Waals surface area contributed by atoms with Crippen molar-refractivity contribution in [2.24, 2.45) is 0 Å². The maximum absolute atomic E-state index is 11.7. The Hall–Kier alpha value is -0.910. The summed E-state index contributed by atoms with van der Waals surface area (Å²) in [7, 11) is -3.32. The molecule has 0 aliphatic carbocycles. The van der Waals surface area contributed by atoms with E-state index in [9.17, 15) is 8.42 Å². The predicted octanol–water partition coefficient (Wildman–Crippen LogP) is 1.53. The summed E-state index contributed by atoms with van der Waals surface area (Å²) in [4.78, 5) is 0.328. The van der Waals surface area contributed by atoms with Crippen LogP contribution in [0.1, 0.15) is 25.8 Å². The summed E-state index contributed by atoms with van der Waals surface area (Å²) in [6.45, 7) is 6.25. The molecule has 102 valence electrons. The zero-order chi connectivity index (χ0) is 13.4. The van der Waals surface area contributed by atoms with Crippen molar-refractivity contribution in [2.45, 2.75) is 31.6 Å². The van der Waals surface area contributed by atoms with Gasteiger partial charge in [-0.2, -0.15) is 0 Å². The minimum Gasteiger partial charge on any atom is -0.316 e. The number of rotatable bonds is 8. The lowest BCUT2D eigenvalue weighted by Crippen LogP contribution is -2.23. The van der Waals surface area contributed by atoms with Gasteiger partial charge in [0.15, 0.2) is 0 Å². The van der Waals surface area contributed by atoms with Crippen LogP contribution in [-0.4, -0.2) is 28.1 Å². The summed E-state index contributed by atoms with van der Waals surface area (Å²) >= 11 is 0. The smallest absolute Gasteiger partial charge is 0.240 e. The lowest BCUT2D eigenvalue weighted by atomic mass is 10.1. The summed E-state index contributed by atoms with van der Waals surface area (Å²) in [5.41, 5.74) is 1.15. The summed E-state index contributed by atoms with van der Waals surface area (Å²) in [6.07, 6.45) is 2.04. The Balaban J connectivity index is 2.57. The Morgan fingerprint density at radius 2 is 1.72 bits per heavy atom. The molecule has 0 fully saturated rings. The molecule has 0 heterocycles. The van der Waals surface area contributed by atoms with Crippen LogP contribution in [0.5, 0.6) is 0 Å². The van der Waals surface area contributed by atoms with Gasteiger partial charge >= 0.3 is 0 Å². The van der Waals surface area contributed by atoms with Gasteiger partial charge in [0.05, 0.1) is 4.90 Å². The second-order valence-corrected chi connectivity index (χ2v) is 5.91. The Bertz CT molecular complexity index is 441. The van der Waals surface area contributed by atoms with E-state index >= 15 is 0 Å². The third-order valence-corrected chi connectivity index (χ3v) is 4.15. The minimum atomic E-state index is -3.32. The molecule has 0 saturated heterocycles. The van der Waals surface area contributed by atoms with Crippen LogP contribution in [0, 0.1) is 0 Å². The maximum atomic E-state index is 11.7. The molecule has 0 aliphatic rings. The van der Waals surface area contributed by atoms with Gasteiger partial charge in [0.1, 0.15) is 0 Å². The second kappa shape index (κ2) is 7.51. The second-order valence-electron chi connectivity index (χ2n) is 4.15. The van der Waals surface area contributed by atoms with Crippen molar-refractivity contribution in [3.05, 3.63) is 29.8 Å². The highest BCUT2D eigenvalue weighted by molar-refractivity contribution is 7.89. The molecule has 0 aromatic heterocycles. The van der Waals surface area contributed by atoms with Crippen molar-refractivity contribution >= 4 is 10.0 Å². The predicted molar refractivity (Wildman–Crippen MR) is 74.2 cm³/mol. The summed E-state index contributed by atoms with van der Waals surface area (Å²) in [5, 5.41) is 3.32. The van der Waals surface area contributed by atoms with E-state index in [1.54, 1.807) is 19.1 Å². The molecule has 4 nitrogen and oxygen atoms in total. The van der Waals surface area contributed by atoms with Crippen molar-refractivity contribution in [1.29, 1.82) is 0 Å². The average Bonchev–Trinajstić information content (AvgIpc) is 2.35. The van der Waals surface area contributed by atoms with Crippen LogP contribution < -0.4 is 10.0 Å². The molecule has 0 spiro atoms. The van der Waals surface area contributed by atoms with E-state index in [0.717, 1.165) is 31.5 Å². The molecule has 0 aliphatic heterocycles. The first-order valence-corrected chi connectivity index (χ1v) is 7.87. The molecular formula is C13H22N2O2S. The van der Waals surface area contributed by atoms with Crippen LogP contribution >= 0.6 is 0 Å². The van der Waals surface area contributed by atoms with Gasteiger partial charge in [-0.25, -0.2) is 13.1 Å². The highest BCUT2D eigenvalue weighted by Gasteiger charge is 2.11. The molecule has 1 aromatic rings. The van der Waals surface area contributed by atoms with Crippen LogP contribution in [0.3, 0.4) is 0 Å². The van der Waals surface area contributed by atoms with Gasteiger partial charge in [0, 0.05) is 6.54 Å². The van der Waals surface area contributed by atoms with Crippen molar-refractivity contribution in [3.8, 4) is 0 Å². The molecule has 1 aromatic carbocycles. The van der Waals surface area contributed by atoms with Crippen LogP contribution in [-0.2, 0) is 16.4 Å². The van der Waals surface area contributed by atoms with E-state index in [2.05, 4.69) is 17.0 Å². The fourth-order valence-electron chi connectivity index (χ4n) is 1.64. The van der Waals surface area contributed by atoms with E-state index in [1.165, 1.54) is 0 Å². The van der Waals surface area contributed by atoms with Crippen LogP contribution in [0.4, 0.5) is 0 Å². The van der Waals surface area contributed by atoms with Gasteiger partial charge in [-0.3, -0.25) is 0 Å². The molecule has 0 radical (unpaired) electrons. The van der Waals surface area contributed by atoms with E-state index < -0.39 is 10.0 Å². The molecule has 1 rings (SSSR count). The van der Waals surface area contributed by atoms with Crippen molar-refractivity contribution in [3.63, 3.8) is 0 Å². The number of sulfonamides is 1. The van der Waals surface area contributed by atoms with Crippen LogP contribution in [0.2, 0.25) is 0 Å². The Morgan fingerprint density at radius 3 is 2.28 bits per heavy atom. The quantitative estimate of drug-likeness (QED) is 0.704. The lowest BCUT2D eigenvalue weighted by Gasteiger charge is -2.06. The first-order chi connectivity index (χ1) is 8.60. The number of hydrogen-bond donors (Lipinski definition) is 2. The van der Waals surface area contributed by atoms with Gasteiger partial charge < -0.3 is 5.32 Å². The standard InChI is InChI=1S/C13H22N2O2S/c1-3-10-14-11-9-12-5-7-13(8-6-12)18(16,17)15-4-2/h5-8,14-15H,3-4,9-11H2,1-2H3. The van der Waals surface area contributed by atoms with E-state index in [-0.39, 0.29) is 0 Å². The third kappa shape index (κ3) is 4.76. The van der Waals surface area contributed by atoms with Crippen LogP contribution in [0.25, 0.3) is 0 Å². The maximum Gasteiger partial charge on any atom is 0.240 e. The number of hydrogen-bond acceptors (Lipinski definition) is 3. The van der Waals surface area contributed by atoms with Gasteiger partial charge in [-0.05, 0) is 43.6 Å². The summed E-state index contributed by atoms with van der Waals surface area (Å²) in [6, 6.07) is 7.07. The molecule has 0 bridgehead atoms. The van der Waals surface area contributed by atoms with Gasteiger partial charge in [-0.15, -0.1) is 0 Å². The molecule has 0 saturated carbocycles. The summed E-state index contributed by atoms with van der Waals surface area (Å²) in [5.74, 6) is 0. The molecule has 5 heteroatoms. The number of benzene rings is 1. The van der Waals surface area contributed by atoms with Gasteiger partial charge in [0.25, 0.3) is 0 Å². The highest BCUT2D eigenvalue weighted by atomic mass is 32.2. The third-order valence-electron chi connectivity index (χ3n) is 2.59. The Kier molecular flexibility index (Phi) is 6.32. The summed E-state index contributed by atoms with van der Waals surface area (Å²) < 4.78 is 25.9. The molecule has 2 N–H and O–H groups in total. The highest BCUT2D eigenvalue weighted by Crippen LogP contribution is 2.10. The minimum absolute atomic E-state index is 0.328. The lowest BCUT2D eigenvalue weighted by molar-refractivity contribution is 0.584. The monoisotopic (exact) mass is 270 g/mol.